The second-order valence-electron chi connectivity index (χ2n) is 6.21. The number of likely N-dealkylation sites (tertiary alicyclic amines) is 1. The average Bonchev–Trinajstić information content (AvgIpc) is 3.09. The minimum absolute atomic E-state index is 0.273. The molecule has 3 rings (SSSR count). The van der Waals surface area contributed by atoms with E-state index >= 15 is 0 Å². The van der Waals surface area contributed by atoms with Crippen LogP contribution in [0.5, 0.6) is 0 Å². The number of hydrogen-bond donors (Lipinski definition) is 1. The molecule has 4 atom stereocenters. The molecule has 2 fully saturated rings. The van der Waals surface area contributed by atoms with Gasteiger partial charge in [0.15, 0.2) is 0 Å². The lowest BCUT2D eigenvalue weighted by Crippen LogP contribution is -2.45. The Morgan fingerprint density at radius 1 is 1.37 bits per heavy atom. The maximum absolute atomic E-state index is 6.47. The highest BCUT2D eigenvalue weighted by Gasteiger charge is 2.40. The third-order valence-corrected chi connectivity index (χ3v) is 5.87. The van der Waals surface area contributed by atoms with Crippen LogP contribution < -0.4 is 5.73 Å². The molecule has 2 heterocycles. The van der Waals surface area contributed by atoms with Gasteiger partial charge in [-0.05, 0) is 60.5 Å². The molecule has 2 N–H and O–H groups in total. The SMILES string of the molecule is CCC(N)C(c1ccsc1)N1CCC2CCCCC21. The fourth-order valence-electron chi connectivity index (χ4n) is 4.14. The van der Waals surface area contributed by atoms with E-state index in [9.17, 15) is 0 Å². The molecule has 0 amide bonds. The lowest BCUT2D eigenvalue weighted by Gasteiger charge is -2.39. The van der Waals surface area contributed by atoms with Crippen LogP contribution in [0.3, 0.4) is 0 Å². The molecule has 1 aliphatic heterocycles. The molecule has 2 aliphatic rings. The highest BCUT2D eigenvalue weighted by atomic mass is 32.1. The molecule has 0 spiro atoms. The molecule has 0 aromatic carbocycles. The minimum Gasteiger partial charge on any atom is -0.326 e. The van der Waals surface area contributed by atoms with Crippen molar-refractivity contribution >= 4 is 11.3 Å². The standard InChI is InChI=1S/C16H26N2S/c1-2-14(17)16(13-8-10-19-11-13)18-9-7-12-5-3-4-6-15(12)18/h8,10-12,14-16H,2-7,9,17H2,1H3. The van der Waals surface area contributed by atoms with E-state index in [2.05, 4.69) is 28.7 Å². The van der Waals surface area contributed by atoms with Gasteiger partial charge in [-0.3, -0.25) is 4.90 Å². The van der Waals surface area contributed by atoms with Crippen LogP contribution in [0.2, 0.25) is 0 Å². The first-order valence-electron chi connectivity index (χ1n) is 7.84. The molecular formula is C16H26N2S. The predicted molar refractivity (Wildman–Crippen MR) is 82.4 cm³/mol. The fourth-order valence-corrected chi connectivity index (χ4v) is 4.83. The second-order valence-corrected chi connectivity index (χ2v) is 6.99. The molecule has 1 aliphatic carbocycles. The maximum Gasteiger partial charge on any atom is 0.0510 e. The van der Waals surface area contributed by atoms with Crippen LogP contribution in [0.25, 0.3) is 0 Å². The molecule has 2 nitrogen and oxygen atoms in total. The van der Waals surface area contributed by atoms with Crippen LogP contribution in [0.15, 0.2) is 16.8 Å². The summed E-state index contributed by atoms with van der Waals surface area (Å²) in [6, 6.07) is 3.80. The third-order valence-electron chi connectivity index (χ3n) is 5.17. The fraction of sp³-hybridized carbons (Fsp3) is 0.750. The zero-order valence-electron chi connectivity index (χ0n) is 11.9. The van der Waals surface area contributed by atoms with E-state index in [4.69, 9.17) is 5.73 Å². The number of nitrogens with two attached hydrogens (primary N) is 1. The lowest BCUT2D eigenvalue weighted by atomic mass is 9.84. The Morgan fingerprint density at radius 3 is 2.95 bits per heavy atom. The van der Waals surface area contributed by atoms with Crippen LogP contribution >= 0.6 is 11.3 Å². The summed E-state index contributed by atoms with van der Waals surface area (Å²) in [5, 5.41) is 4.50. The van der Waals surface area contributed by atoms with Crippen molar-refractivity contribution < 1.29 is 0 Å². The maximum atomic E-state index is 6.47. The monoisotopic (exact) mass is 278 g/mol. The molecule has 1 aromatic heterocycles. The summed E-state index contributed by atoms with van der Waals surface area (Å²) < 4.78 is 0. The number of nitrogens with zero attached hydrogens (tertiary/aromatic N) is 1. The Morgan fingerprint density at radius 2 is 2.21 bits per heavy atom. The molecule has 1 saturated carbocycles. The van der Waals surface area contributed by atoms with Crippen molar-refractivity contribution in [2.24, 2.45) is 11.7 Å². The summed E-state index contributed by atoms with van der Waals surface area (Å²) >= 11 is 1.80. The highest BCUT2D eigenvalue weighted by molar-refractivity contribution is 7.07. The quantitative estimate of drug-likeness (QED) is 0.908. The second kappa shape index (κ2) is 5.94. The smallest absolute Gasteiger partial charge is 0.0510 e. The van der Waals surface area contributed by atoms with Crippen molar-refractivity contribution in [1.29, 1.82) is 0 Å². The van der Waals surface area contributed by atoms with E-state index in [1.807, 2.05) is 0 Å². The topological polar surface area (TPSA) is 29.3 Å². The van der Waals surface area contributed by atoms with Gasteiger partial charge in [0, 0.05) is 12.1 Å². The normalized spacial score (nSPS) is 31.1. The van der Waals surface area contributed by atoms with Crippen molar-refractivity contribution in [3.63, 3.8) is 0 Å². The van der Waals surface area contributed by atoms with Crippen LogP contribution in [0, 0.1) is 5.92 Å². The zero-order chi connectivity index (χ0) is 13.2. The zero-order valence-corrected chi connectivity index (χ0v) is 12.7. The first-order valence-corrected chi connectivity index (χ1v) is 8.79. The molecule has 0 bridgehead atoms. The molecular weight excluding hydrogens is 252 g/mol. The number of hydrogen-bond acceptors (Lipinski definition) is 3. The van der Waals surface area contributed by atoms with E-state index in [0.717, 1.165) is 18.4 Å². The molecule has 106 valence electrons. The van der Waals surface area contributed by atoms with Crippen molar-refractivity contribution in [3.8, 4) is 0 Å². The molecule has 3 heteroatoms. The van der Waals surface area contributed by atoms with Gasteiger partial charge >= 0.3 is 0 Å². The van der Waals surface area contributed by atoms with Gasteiger partial charge in [0.2, 0.25) is 0 Å². The van der Waals surface area contributed by atoms with Crippen molar-refractivity contribution in [2.45, 2.75) is 63.6 Å². The number of thiophene rings is 1. The largest absolute Gasteiger partial charge is 0.326 e. The van der Waals surface area contributed by atoms with Crippen molar-refractivity contribution in [3.05, 3.63) is 22.4 Å². The Bertz CT molecular complexity index is 389. The molecule has 1 aromatic rings. The van der Waals surface area contributed by atoms with Gasteiger partial charge in [-0.15, -0.1) is 0 Å². The summed E-state index contributed by atoms with van der Waals surface area (Å²) in [6.45, 7) is 3.47. The molecule has 4 unspecified atom stereocenters. The van der Waals surface area contributed by atoms with Crippen LogP contribution in [0.1, 0.15) is 57.1 Å². The summed E-state index contributed by atoms with van der Waals surface area (Å²) in [6.07, 6.45) is 8.14. The Labute approximate surface area is 121 Å². The van der Waals surface area contributed by atoms with Gasteiger partial charge in [-0.2, -0.15) is 11.3 Å². The first kappa shape index (κ1) is 13.6. The van der Waals surface area contributed by atoms with E-state index in [1.165, 1.54) is 44.2 Å². The highest BCUT2D eigenvalue weighted by Crippen LogP contribution is 2.42. The van der Waals surface area contributed by atoms with E-state index < -0.39 is 0 Å². The van der Waals surface area contributed by atoms with E-state index in [1.54, 1.807) is 11.3 Å². The average molecular weight is 278 g/mol. The van der Waals surface area contributed by atoms with Crippen LogP contribution in [0.4, 0.5) is 0 Å². The van der Waals surface area contributed by atoms with Crippen LogP contribution in [-0.4, -0.2) is 23.5 Å². The van der Waals surface area contributed by atoms with Gasteiger partial charge < -0.3 is 5.73 Å². The van der Waals surface area contributed by atoms with E-state index in [-0.39, 0.29) is 6.04 Å². The minimum atomic E-state index is 0.273. The van der Waals surface area contributed by atoms with Gasteiger partial charge in [-0.25, -0.2) is 0 Å². The van der Waals surface area contributed by atoms with Crippen molar-refractivity contribution in [2.75, 3.05) is 6.54 Å². The first-order chi connectivity index (χ1) is 9.31. The Hall–Kier alpha value is -0.380. The predicted octanol–water partition coefficient (Wildman–Crippen LogP) is 3.79. The molecule has 19 heavy (non-hydrogen) atoms. The number of fused-ring (bicyclic) bond motifs is 1. The van der Waals surface area contributed by atoms with Gasteiger partial charge in [0.05, 0.1) is 6.04 Å². The van der Waals surface area contributed by atoms with Crippen LogP contribution in [-0.2, 0) is 0 Å². The molecule has 1 saturated heterocycles. The molecule has 0 radical (unpaired) electrons. The van der Waals surface area contributed by atoms with Gasteiger partial charge in [0.25, 0.3) is 0 Å². The van der Waals surface area contributed by atoms with Gasteiger partial charge in [0.1, 0.15) is 0 Å². The summed E-state index contributed by atoms with van der Waals surface area (Å²) in [4.78, 5) is 2.75. The summed E-state index contributed by atoms with van der Waals surface area (Å²) in [5.74, 6) is 0.943. The Balaban J connectivity index is 1.83. The van der Waals surface area contributed by atoms with E-state index in [0.29, 0.717) is 6.04 Å². The van der Waals surface area contributed by atoms with Crippen molar-refractivity contribution in [1.82, 2.24) is 4.90 Å². The summed E-state index contributed by atoms with van der Waals surface area (Å²) in [7, 11) is 0. The third kappa shape index (κ3) is 2.61. The number of rotatable bonds is 4. The Kier molecular flexibility index (Phi) is 4.25. The summed E-state index contributed by atoms with van der Waals surface area (Å²) in [5.41, 5.74) is 7.92. The lowest BCUT2D eigenvalue weighted by molar-refractivity contribution is 0.114. The van der Waals surface area contributed by atoms with Gasteiger partial charge in [-0.1, -0.05) is 19.8 Å².